The fourth-order valence-corrected chi connectivity index (χ4v) is 2.01. The van der Waals surface area contributed by atoms with Crippen molar-refractivity contribution >= 4 is 29.1 Å². The van der Waals surface area contributed by atoms with Crippen molar-refractivity contribution in [2.75, 3.05) is 13.2 Å². The molecule has 1 aromatic rings. The number of rotatable bonds is 1. The molecule has 1 atom stereocenters. The number of nitrogens with one attached hydrogen (secondary N) is 1. The number of benzene rings is 1. The topological polar surface area (TPSA) is 38.3 Å². The third-order valence-corrected chi connectivity index (χ3v) is 2.76. The van der Waals surface area contributed by atoms with E-state index < -0.39 is 11.9 Å². The molecule has 1 aromatic carbocycles. The van der Waals surface area contributed by atoms with Crippen LogP contribution in [0, 0.1) is 5.82 Å². The molecule has 2 rings (SSSR count). The average Bonchev–Trinajstić information content (AvgIpc) is 2.25. The molecule has 1 unspecified atom stereocenters. The molecule has 1 heterocycles. The number of hydrogen-bond donors (Lipinski definition) is 1. The van der Waals surface area contributed by atoms with E-state index in [1.54, 1.807) is 0 Å². The predicted molar refractivity (Wildman–Crippen MR) is 58.1 cm³/mol. The van der Waals surface area contributed by atoms with Gasteiger partial charge in [-0.2, -0.15) is 0 Å². The minimum Gasteiger partial charge on any atom is -0.362 e. The second-order valence-corrected chi connectivity index (χ2v) is 4.24. The molecule has 0 aliphatic carbocycles. The Labute approximate surface area is 101 Å². The standard InChI is InChI=1S/C10H8Cl2FNO2/c11-5-1-6(10(13)7(12)2-5)8-3-14-9(15)4-16-8/h1-2,8H,3-4H2,(H,14,15). The van der Waals surface area contributed by atoms with Gasteiger partial charge in [0, 0.05) is 17.1 Å². The number of carbonyl (C=O) groups is 1. The zero-order valence-corrected chi connectivity index (χ0v) is 9.61. The molecule has 0 aromatic heterocycles. The smallest absolute Gasteiger partial charge is 0.246 e. The van der Waals surface area contributed by atoms with Crippen LogP contribution in [0.3, 0.4) is 0 Å². The fraction of sp³-hybridized carbons (Fsp3) is 0.300. The van der Waals surface area contributed by atoms with Crippen molar-refractivity contribution in [3.05, 3.63) is 33.6 Å². The van der Waals surface area contributed by atoms with Crippen LogP contribution in [0.25, 0.3) is 0 Å². The van der Waals surface area contributed by atoms with Crippen molar-refractivity contribution in [3.63, 3.8) is 0 Å². The first kappa shape index (κ1) is 11.6. The van der Waals surface area contributed by atoms with E-state index in [1.807, 2.05) is 0 Å². The summed E-state index contributed by atoms with van der Waals surface area (Å²) in [5.41, 5.74) is 0.262. The summed E-state index contributed by atoms with van der Waals surface area (Å²) in [5.74, 6) is -0.781. The number of morpholine rings is 1. The highest BCUT2D eigenvalue weighted by atomic mass is 35.5. The minimum atomic E-state index is -0.563. The summed E-state index contributed by atoms with van der Waals surface area (Å²) in [5, 5.41) is 2.86. The first-order chi connectivity index (χ1) is 7.58. The largest absolute Gasteiger partial charge is 0.362 e. The number of hydrogen-bond acceptors (Lipinski definition) is 2. The van der Waals surface area contributed by atoms with E-state index in [-0.39, 0.29) is 29.6 Å². The lowest BCUT2D eigenvalue weighted by Gasteiger charge is -2.24. The Morgan fingerprint density at radius 1 is 1.44 bits per heavy atom. The lowest BCUT2D eigenvalue weighted by atomic mass is 10.1. The second-order valence-electron chi connectivity index (χ2n) is 3.39. The van der Waals surface area contributed by atoms with Crippen molar-refractivity contribution in [3.8, 4) is 0 Å². The SMILES string of the molecule is O=C1COC(c2cc(Cl)cc(Cl)c2F)CN1. The van der Waals surface area contributed by atoms with Gasteiger partial charge in [-0.15, -0.1) is 0 Å². The summed E-state index contributed by atoms with van der Waals surface area (Å²) >= 11 is 11.4. The summed E-state index contributed by atoms with van der Waals surface area (Å²) < 4.78 is 18.9. The molecule has 0 spiro atoms. The van der Waals surface area contributed by atoms with Crippen LogP contribution in [0.5, 0.6) is 0 Å². The van der Waals surface area contributed by atoms with Crippen LogP contribution < -0.4 is 5.32 Å². The molecule has 1 aliphatic rings. The van der Waals surface area contributed by atoms with Gasteiger partial charge in [0.05, 0.1) is 5.02 Å². The quantitative estimate of drug-likeness (QED) is 0.790. The van der Waals surface area contributed by atoms with Crippen LogP contribution in [-0.2, 0) is 9.53 Å². The highest BCUT2D eigenvalue weighted by Crippen LogP contribution is 2.30. The van der Waals surface area contributed by atoms with E-state index in [9.17, 15) is 9.18 Å². The van der Waals surface area contributed by atoms with Gasteiger partial charge < -0.3 is 10.1 Å². The Morgan fingerprint density at radius 2 is 2.19 bits per heavy atom. The number of carbonyl (C=O) groups excluding carboxylic acids is 1. The van der Waals surface area contributed by atoms with Gasteiger partial charge in [0.2, 0.25) is 5.91 Å². The van der Waals surface area contributed by atoms with Crippen LogP contribution in [-0.4, -0.2) is 19.1 Å². The molecule has 3 nitrogen and oxygen atoms in total. The second kappa shape index (κ2) is 4.57. The van der Waals surface area contributed by atoms with Crippen LogP contribution in [0.4, 0.5) is 4.39 Å². The van der Waals surface area contributed by atoms with E-state index in [0.29, 0.717) is 5.02 Å². The molecule has 0 bridgehead atoms. The van der Waals surface area contributed by atoms with Crippen LogP contribution in [0.15, 0.2) is 12.1 Å². The van der Waals surface area contributed by atoms with E-state index in [1.165, 1.54) is 12.1 Å². The molecule has 6 heteroatoms. The summed E-state index contributed by atoms with van der Waals surface area (Å²) in [6.45, 7) is 0.126. The van der Waals surface area contributed by atoms with Gasteiger partial charge in [0.1, 0.15) is 18.5 Å². The van der Waals surface area contributed by atoms with Gasteiger partial charge in [-0.25, -0.2) is 4.39 Å². The number of halogens is 3. The van der Waals surface area contributed by atoms with Crippen molar-refractivity contribution < 1.29 is 13.9 Å². The van der Waals surface area contributed by atoms with Gasteiger partial charge in [-0.05, 0) is 12.1 Å². The Bertz CT molecular complexity index is 429. The van der Waals surface area contributed by atoms with E-state index >= 15 is 0 Å². The van der Waals surface area contributed by atoms with E-state index in [0.717, 1.165) is 0 Å². The summed E-state index contributed by atoms with van der Waals surface area (Å²) in [6.07, 6.45) is -0.547. The molecule has 0 radical (unpaired) electrons. The van der Waals surface area contributed by atoms with Gasteiger partial charge in [0.25, 0.3) is 0 Å². The Balaban J connectivity index is 2.29. The van der Waals surface area contributed by atoms with Crippen molar-refractivity contribution in [2.45, 2.75) is 6.10 Å². The maximum absolute atomic E-state index is 13.7. The average molecular weight is 264 g/mol. The molecule has 1 fully saturated rings. The van der Waals surface area contributed by atoms with Gasteiger partial charge in [0.15, 0.2) is 0 Å². The maximum Gasteiger partial charge on any atom is 0.246 e. The van der Waals surface area contributed by atoms with E-state index in [4.69, 9.17) is 27.9 Å². The lowest BCUT2D eigenvalue weighted by Crippen LogP contribution is -2.39. The zero-order valence-electron chi connectivity index (χ0n) is 8.10. The zero-order chi connectivity index (χ0) is 11.7. The van der Waals surface area contributed by atoms with Gasteiger partial charge in [-0.1, -0.05) is 23.2 Å². The van der Waals surface area contributed by atoms with Crippen LogP contribution in [0.1, 0.15) is 11.7 Å². The highest BCUT2D eigenvalue weighted by molar-refractivity contribution is 6.34. The third-order valence-electron chi connectivity index (χ3n) is 2.27. The van der Waals surface area contributed by atoms with Gasteiger partial charge in [-0.3, -0.25) is 4.79 Å². The minimum absolute atomic E-state index is 0.0528. The van der Waals surface area contributed by atoms with E-state index in [2.05, 4.69) is 5.32 Å². The fourth-order valence-electron chi connectivity index (χ4n) is 1.50. The number of amides is 1. The first-order valence-electron chi connectivity index (χ1n) is 4.60. The Kier molecular flexibility index (Phi) is 3.33. The molecule has 0 saturated carbocycles. The molecule has 1 saturated heterocycles. The Hall–Kier alpha value is -0.840. The van der Waals surface area contributed by atoms with Crippen LogP contribution in [0.2, 0.25) is 10.0 Å². The third kappa shape index (κ3) is 2.29. The highest BCUT2D eigenvalue weighted by Gasteiger charge is 2.24. The molecule has 16 heavy (non-hydrogen) atoms. The lowest BCUT2D eigenvalue weighted by molar-refractivity contribution is -0.133. The van der Waals surface area contributed by atoms with Crippen molar-refractivity contribution in [2.24, 2.45) is 0 Å². The Morgan fingerprint density at radius 3 is 2.81 bits per heavy atom. The molecular formula is C10H8Cl2FNO2. The summed E-state index contributed by atoms with van der Waals surface area (Å²) in [4.78, 5) is 10.9. The van der Waals surface area contributed by atoms with Crippen molar-refractivity contribution in [1.82, 2.24) is 5.32 Å². The normalized spacial score (nSPS) is 20.7. The molecule has 86 valence electrons. The first-order valence-corrected chi connectivity index (χ1v) is 5.36. The predicted octanol–water partition coefficient (Wildman–Crippen LogP) is 2.32. The molecule has 1 N–H and O–H groups in total. The molecule has 1 amide bonds. The van der Waals surface area contributed by atoms with Crippen molar-refractivity contribution in [1.29, 1.82) is 0 Å². The maximum atomic E-state index is 13.7. The van der Waals surface area contributed by atoms with Crippen LogP contribution >= 0.6 is 23.2 Å². The summed E-state index contributed by atoms with van der Waals surface area (Å²) in [6, 6.07) is 2.77. The monoisotopic (exact) mass is 263 g/mol. The van der Waals surface area contributed by atoms with Gasteiger partial charge >= 0.3 is 0 Å². The summed E-state index contributed by atoms with van der Waals surface area (Å²) in [7, 11) is 0. The molecule has 1 aliphatic heterocycles. The number of ether oxygens (including phenoxy) is 1. The molecular weight excluding hydrogens is 256 g/mol.